The topological polar surface area (TPSA) is 97.0 Å². The number of nitrogens with one attached hydrogen (secondary N) is 2. The van der Waals surface area contributed by atoms with Crippen LogP contribution in [0.5, 0.6) is 0 Å². The highest BCUT2D eigenvalue weighted by atomic mass is 16.5. The van der Waals surface area contributed by atoms with Crippen LogP contribution >= 0.6 is 0 Å². The zero-order valence-electron chi connectivity index (χ0n) is 12.2. The van der Waals surface area contributed by atoms with Crippen molar-refractivity contribution in [1.29, 1.82) is 0 Å². The summed E-state index contributed by atoms with van der Waals surface area (Å²) in [4.78, 5) is 13.4. The third-order valence-electron chi connectivity index (χ3n) is 2.54. The molecule has 1 aromatic heterocycles. The number of carbonyl (C=O) groups excluding carboxylic acids is 1. The van der Waals surface area contributed by atoms with Gasteiger partial charge in [0.25, 0.3) is 0 Å². The number of aromatic nitrogens is 3. The molecule has 1 rings (SSSR count). The van der Waals surface area contributed by atoms with Crippen LogP contribution < -0.4 is 5.32 Å². The summed E-state index contributed by atoms with van der Waals surface area (Å²) in [5.41, 5.74) is 0.820. The monoisotopic (exact) mass is 282 g/mol. The first kappa shape index (κ1) is 16.1. The van der Waals surface area contributed by atoms with E-state index in [-0.39, 0.29) is 5.91 Å². The molecule has 1 aromatic rings. The Bertz CT molecular complexity index is 424. The van der Waals surface area contributed by atoms with Crippen molar-refractivity contribution < 1.29 is 9.44 Å². The fourth-order valence-corrected chi connectivity index (χ4v) is 1.39. The first-order valence-corrected chi connectivity index (χ1v) is 6.42. The van der Waals surface area contributed by atoms with Crippen molar-refractivity contribution in [3.63, 3.8) is 0 Å². The second kappa shape index (κ2) is 7.61. The molecule has 0 aromatic carbocycles. The fraction of sp³-hybridized carbons (Fsp3) is 0.583. The molecule has 20 heavy (non-hydrogen) atoms. The van der Waals surface area contributed by atoms with Crippen LogP contribution in [-0.2, 0) is 11.2 Å². The van der Waals surface area contributed by atoms with E-state index in [9.17, 15) is 10.0 Å². The van der Waals surface area contributed by atoms with Crippen LogP contribution in [0.25, 0.3) is 0 Å². The minimum Gasteiger partial charge on any atom is -0.628 e. The van der Waals surface area contributed by atoms with Crippen LogP contribution in [0, 0.1) is 5.21 Å². The maximum Gasteiger partial charge on any atom is 0.221 e. The summed E-state index contributed by atoms with van der Waals surface area (Å²) in [5.74, 6) is -0.0235. The van der Waals surface area contributed by atoms with Gasteiger partial charge in [0.05, 0.1) is 32.2 Å². The molecule has 0 fully saturated rings. The van der Waals surface area contributed by atoms with Crippen molar-refractivity contribution in [3.05, 3.63) is 29.5 Å². The zero-order chi connectivity index (χ0) is 15.0. The Kier molecular flexibility index (Phi) is 6.13. The molecule has 0 bridgehead atoms. The summed E-state index contributed by atoms with van der Waals surface area (Å²) in [6, 6.07) is 0. The number of aromatic amines is 1. The Morgan fingerprint density at radius 3 is 2.95 bits per heavy atom. The largest absolute Gasteiger partial charge is 0.628 e. The summed E-state index contributed by atoms with van der Waals surface area (Å²) < 4.78 is -0.492. The van der Waals surface area contributed by atoms with Crippen molar-refractivity contribution in [1.82, 2.24) is 25.6 Å². The summed E-state index contributed by atoms with van der Waals surface area (Å²) in [6.45, 7) is 1.10. The van der Waals surface area contributed by atoms with Gasteiger partial charge in [-0.2, -0.15) is 15.4 Å². The number of hydrogen-bond donors (Lipinski definition) is 2. The first-order valence-electron chi connectivity index (χ1n) is 6.42. The molecule has 112 valence electrons. The minimum atomic E-state index is -0.492. The van der Waals surface area contributed by atoms with Gasteiger partial charge in [0, 0.05) is 33.0 Å². The Balaban J connectivity index is 2.14. The maximum atomic E-state index is 11.6. The average molecular weight is 282 g/mol. The van der Waals surface area contributed by atoms with E-state index in [1.54, 1.807) is 12.4 Å². The van der Waals surface area contributed by atoms with E-state index in [1.165, 1.54) is 20.3 Å². The molecule has 1 amide bonds. The SMILES string of the molecule is CN(/C=C\[N+](C)(C)[O-])CCC(=O)NCCc1cn[nH]n1. The van der Waals surface area contributed by atoms with Gasteiger partial charge in [-0.25, -0.2) is 0 Å². The van der Waals surface area contributed by atoms with Gasteiger partial charge in [-0.3, -0.25) is 4.79 Å². The minimum absolute atomic E-state index is 0.0235. The van der Waals surface area contributed by atoms with Crippen LogP contribution in [0.1, 0.15) is 12.1 Å². The molecule has 0 atom stereocenters. The lowest BCUT2D eigenvalue weighted by Gasteiger charge is -2.29. The molecule has 0 saturated carbocycles. The molecule has 8 heteroatoms. The zero-order valence-corrected chi connectivity index (χ0v) is 12.2. The molecule has 0 unspecified atom stereocenters. The first-order chi connectivity index (χ1) is 9.37. The van der Waals surface area contributed by atoms with Crippen molar-refractivity contribution in [3.8, 4) is 0 Å². The Morgan fingerprint density at radius 2 is 2.35 bits per heavy atom. The number of hydroxylamine groups is 3. The molecule has 0 saturated heterocycles. The predicted molar refractivity (Wildman–Crippen MR) is 75.0 cm³/mol. The highest BCUT2D eigenvalue weighted by molar-refractivity contribution is 5.76. The van der Waals surface area contributed by atoms with Gasteiger partial charge in [0.2, 0.25) is 5.91 Å². The van der Waals surface area contributed by atoms with E-state index in [0.717, 1.165) is 5.69 Å². The van der Waals surface area contributed by atoms with Gasteiger partial charge in [-0.15, -0.1) is 0 Å². The molecule has 0 aliphatic heterocycles. The lowest BCUT2D eigenvalue weighted by Crippen LogP contribution is -2.29. The lowest BCUT2D eigenvalue weighted by molar-refractivity contribution is -0.785. The van der Waals surface area contributed by atoms with Gasteiger partial charge in [0.15, 0.2) is 0 Å². The summed E-state index contributed by atoms with van der Waals surface area (Å²) in [6.07, 6.45) is 5.87. The quantitative estimate of drug-likeness (QED) is 0.510. The third kappa shape index (κ3) is 7.49. The number of carbonyl (C=O) groups is 1. The molecule has 1 heterocycles. The van der Waals surface area contributed by atoms with Crippen molar-refractivity contribution >= 4 is 5.91 Å². The summed E-state index contributed by atoms with van der Waals surface area (Å²) in [7, 11) is 4.89. The molecule has 8 nitrogen and oxygen atoms in total. The standard InChI is InChI=1S/C12H22N6O2/c1-17(8-9-18(2,3)20)7-5-12(19)13-6-4-11-10-14-16-15-11/h8-10H,4-7H2,1-3H3,(H,13,19)(H,14,15,16)/b9-8-. The molecule has 0 spiro atoms. The van der Waals surface area contributed by atoms with Crippen LogP contribution in [0.2, 0.25) is 0 Å². The van der Waals surface area contributed by atoms with Crippen LogP contribution in [0.15, 0.2) is 18.6 Å². The van der Waals surface area contributed by atoms with E-state index >= 15 is 0 Å². The smallest absolute Gasteiger partial charge is 0.221 e. The van der Waals surface area contributed by atoms with E-state index in [2.05, 4.69) is 20.7 Å². The predicted octanol–water partition coefficient (Wildman–Crippen LogP) is -0.169. The number of quaternary nitrogens is 1. The Labute approximate surface area is 118 Å². The van der Waals surface area contributed by atoms with Crippen LogP contribution in [0.3, 0.4) is 0 Å². The molecule has 0 radical (unpaired) electrons. The van der Waals surface area contributed by atoms with Gasteiger partial charge in [0.1, 0.15) is 6.20 Å². The molecular weight excluding hydrogens is 260 g/mol. The van der Waals surface area contributed by atoms with Crippen LogP contribution in [-0.4, -0.2) is 65.1 Å². The molecule has 0 aliphatic carbocycles. The van der Waals surface area contributed by atoms with E-state index in [4.69, 9.17) is 0 Å². The number of hydrogen-bond acceptors (Lipinski definition) is 5. The second-order valence-corrected chi connectivity index (χ2v) is 5.02. The number of rotatable bonds is 8. The number of H-pyrrole nitrogens is 1. The van der Waals surface area contributed by atoms with Gasteiger partial charge >= 0.3 is 0 Å². The molecule has 2 N–H and O–H groups in total. The van der Waals surface area contributed by atoms with E-state index < -0.39 is 4.65 Å². The van der Waals surface area contributed by atoms with Gasteiger partial charge < -0.3 is 20.1 Å². The highest BCUT2D eigenvalue weighted by Gasteiger charge is 2.04. The summed E-state index contributed by atoms with van der Waals surface area (Å²) >= 11 is 0. The Hall–Kier alpha value is -1.93. The Morgan fingerprint density at radius 1 is 1.60 bits per heavy atom. The average Bonchev–Trinajstić information content (AvgIpc) is 2.86. The summed E-state index contributed by atoms with van der Waals surface area (Å²) in [5, 5.41) is 24.3. The van der Waals surface area contributed by atoms with Gasteiger partial charge in [-0.1, -0.05) is 0 Å². The van der Waals surface area contributed by atoms with Gasteiger partial charge in [-0.05, 0) is 0 Å². The number of nitrogens with zero attached hydrogens (tertiary/aromatic N) is 4. The van der Waals surface area contributed by atoms with Crippen LogP contribution in [0.4, 0.5) is 0 Å². The van der Waals surface area contributed by atoms with Crippen molar-refractivity contribution in [2.24, 2.45) is 0 Å². The maximum absolute atomic E-state index is 11.6. The highest BCUT2D eigenvalue weighted by Crippen LogP contribution is 1.96. The second-order valence-electron chi connectivity index (χ2n) is 5.02. The van der Waals surface area contributed by atoms with Crippen molar-refractivity contribution in [2.75, 3.05) is 34.2 Å². The number of amides is 1. The fourth-order valence-electron chi connectivity index (χ4n) is 1.39. The molecule has 0 aliphatic rings. The lowest BCUT2D eigenvalue weighted by atomic mass is 10.3. The van der Waals surface area contributed by atoms with Crippen molar-refractivity contribution in [2.45, 2.75) is 12.8 Å². The van der Waals surface area contributed by atoms with E-state index in [0.29, 0.717) is 25.9 Å². The van der Waals surface area contributed by atoms with E-state index in [1.807, 2.05) is 11.9 Å². The normalized spacial score (nSPS) is 11.8. The third-order valence-corrected chi connectivity index (χ3v) is 2.54. The molecular formula is C12H22N6O2.